The molecule has 0 fully saturated rings. The summed E-state index contributed by atoms with van der Waals surface area (Å²) in [6.07, 6.45) is 0.593. The molecular formula is C10H13NOS. The number of aryl methyl sites for hydroxylation is 1. The molecule has 2 nitrogen and oxygen atoms in total. The van der Waals surface area contributed by atoms with Gasteiger partial charge in [0.05, 0.1) is 6.04 Å². The summed E-state index contributed by atoms with van der Waals surface area (Å²) in [5.74, 6) is 0. The van der Waals surface area contributed by atoms with Crippen LogP contribution in [0, 0.1) is 6.92 Å². The minimum atomic E-state index is -0.433. The Hall–Kier alpha value is -0.930. The molecule has 0 aliphatic carbocycles. The number of hydrogen-bond acceptors (Lipinski definition) is 2. The van der Waals surface area contributed by atoms with Crippen LogP contribution in [0.2, 0.25) is 0 Å². The van der Waals surface area contributed by atoms with Crippen molar-refractivity contribution in [1.82, 2.24) is 0 Å². The summed E-state index contributed by atoms with van der Waals surface area (Å²) in [5.41, 5.74) is 7.90. The molecule has 1 rings (SSSR count). The Morgan fingerprint density at radius 3 is 2.46 bits per heavy atom. The van der Waals surface area contributed by atoms with E-state index in [4.69, 9.17) is 10.8 Å². The lowest BCUT2D eigenvalue weighted by molar-refractivity contribution is 0.529. The van der Waals surface area contributed by atoms with E-state index in [1.807, 2.05) is 31.2 Å². The Labute approximate surface area is 83.4 Å². The van der Waals surface area contributed by atoms with Gasteiger partial charge in [-0.15, -0.1) is 0 Å². The molecule has 0 bridgehead atoms. The lowest BCUT2D eigenvalue weighted by Crippen LogP contribution is -2.30. The van der Waals surface area contributed by atoms with Crippen LogP contribution in [0.3, 0.4) is 0 Å². The van der Waals surface area contributed by atoms with Crippen LogP contribution in [0.15, 0.2) is 24.3 Å². The van der Waals surface area contributed by atoms with Gasteiger partial charge >= 0.3 is 0 Å². The Morgan fingerprint density at radius 2 is 2.00 bits per heavy atom. The summed E-state index contributed by atoms with van der Waals surface area (Å²) in [6, 6.07) is 7.59. The van der Waals surface area contributed by atoms with E-state index >= 15 is 0 Å². The molecule has 1 atom stereocenters. The van der Waals surface area contributed by atoms with Gasteiger partial charge in [-0.05, 0) is 31.1 Å². The molecular weight excluding hydrogens is 182 g/mol. The highest BCUT2D eigenvalue weighted by molar-refractivity contribution is 7.80. The first-order chi connectivity index (χ1) is 6.09. The van der Waals surface area contributed by atoms with Gasteiger partial charge in [0.2, 0.25) is 0 Å². The van der Waals surface area contributed by atoms with E-state index in [9.17, 15) is 0 Å². The van der Waals surface area contributed by atoms with Crippen molar-refractivity contribution in [3.8, 4) is 0 Å². The van der Waals surface area contributed by atoms with Gasteiger partial charge in [0.1, 0.15) is 0 Å². The maximum atomic E-state index is 8.94. The van der Waals surface area contributed by atoms with Crippen molar-refractivity contribution in [2.75, 3.05) is 0 Å². The molecule has 1 aromatic rings. The van der Waals surface area contributed by atoms with Gasteiger partial charge in [-0.25, -0.2) is 0 Å². The highest BCUT2D eigenvalue weighted by atomic mass is 32.1. The zero-order valence-electron chi connectivity index (χ0n) is 7.53. The van der Waals surface area contributed by atoms with Gasteiger partial charge in [0.25, 0.3) is 0 Å². The Balaban J connectivity index is 2.64. The summed E-state index contributed by atoms with van der Waals surface area (Å²) < 4.78 is 0. The van der Waals surface area contributed by atoms with Gasteiger partial charge in [-0.1, -0.05) is 29.8 Å². The molecule has 0 radical (unpaired) electrons. The third-order valence-electron chi connectivity index (χ3n) is 1.89. The molecule has 0 saturated heterocycles. The highest BCUT2D eigenvalue weighted by Crippen LogP contribution is 2.05. The van der Waals surface area contributed by atoms with Crippen LogP contribution in [0.4, 0.5) is 0 Å². The van der Waals surface area contributed by atoms with E-state index in [0.29, 0.717) is 6.42 Å². The van der Waals surface area contributed by atoms with Gasteiger partial charge in [0, 0.05) is 0 Å². The molecule has 0 heterocycles. The predicted octanol–water partition coefficient (Wildman–Crippen LogP) is 1.75. The molecule has 1 aromatic carbocycles. The molecule has 0 aliphatic heterocycles. The normalized spacial score (nSPS) is 12.5. The first-order valence-electron chi connectivity index (χ1n) is 4.13. The smallest absolute Gasteiger partial charge is 0.174 e. The molecule has 0 unspecified atom stereocenters. The molecule has 0 saturated carbocycles. The minimum Gasteiger partial charge on any atom is -0.501 e. The lowest BCUT2D eigenvalue weighted by Gasteiger charge is -2.08. The average molecular weight is 195 g/mol. The average Bonchev–Trinajstić information content (AvgIpc) is 2.08. The first kappa shape index (κ1) is 10.2. The van der Waals surface area contributed by atoms with Gasteiger partial charge in [0.15, 0.2) is 5.05 Å². The zero-order valence-corrected chi connectivity index (χ0v) is 8.34. The molecule has 0 spiro atoms. The zero-order chi connectivity index (χ0) is 9.84. The van der Waals surface area contributed by atoms with Crippen LogP contribution in [0.5, 0.6) is 0 Å². The largest absolute Gasteiger partial charge is 0.501 e. The van der Waals surface area contributed by atoms with Crippen molar-refractivity contribution >= 4 is 17.3 Å². The van der Waals surface area contributed by atoms with E-state index in [1.54, 1.807) is 0 Å². The number of benzene rings is 1. The fourth-order valence-electron chi connectivity index (χ4n) is 1.07. The molecule has 70 valence electrons. The molecule has 0 aromatic heterocycles. The van der Waals surface area contributed by atoms with Gasteiger partial charge < -0.3 is 10.8 Å². The predicted molar refractivity (Wildman–Crippen MR) is 58.1 cm³/mol. The van der Waals surface area contributed by atoms with Crippen LogP contribution in [-0.2, 0) is 6.42 Å². The Kier molecular flexibility index (Phi) is 3.39. The summed E-state index contributed by atoms with van der Waals surface area (Å²) >= 11 is 4.57. The van der Waals surface area contributed by atoms with Crippen molar-refractivity contribution < 1.29 is 5.11 Å². The number of nitrogens with two attached hydrogens (primary N) is 1. The molecule has 13 heavy (non-hydrogen) atoms. The van der Waals surface area contributed by atoms with Crippen molar-refractivity contribution in [2.24, 2.45) is 5.73 Å². The van der Waals surface area contributed by atoms with Crippen LogP contribution in [-0.4, -0.2) is 16.2 Å². The first-order valence-corrected chi connectivity index (χ1v) is 4.54. The molecule has 3 heteroatoms. The van der Waals surface area contributed by atoms with Crippen molar-refractivity contribution in [2.45, 2.75) is 19.4 Å². The second-order valence-corrected chi connectivity index (χ2v) is 3.55. The highest BCUT2D eigenvalue weighted by Gasteiger charge is 2.07. The van der Waals surface area contributed by atoms with Crippen LogP contribution in [0.25, 0.3) is 0 Å². The van der Waals surface area contributed by atoms with E-state index < -0.39 is 6.04 Å². The number of aliphatic hydroxyl groups excluding tert-OH is 1. The maximum Gasteiger partial charge on any atom is 0.174 e. The van der Waals surface area contributed by atoms with Crippen LogP contribution in [0.1, 0.15) is 11.1 Å². The van der Waals surface area contributed by atoms with E-state index in [1.165, 1.54) is 5.56 Å². The fourth-order valence-corrected chi connectivity index (χ4v) is 1.15. The lowest BCUT2D eigenvalue weighted by atomic mass is 10.1. The fraction of sp³-hybridized carbons (Fsp3) is 0.300. The number of aliphatic hydroxyl groups is 1. The van der Waals surface area contributed by atoms with Crippen LogP contribution >= 0.6 is 12.2 Å². The molecule has 3 N–H and O–H groups in total. The van der Waals surface area contributed by atoms with E-state index in [-0.39, 0.29) is 5.05 Å². The van der Waals surface area contributed by atoms with E-state index in [0.717, 1.165) is 5.56 Å². The third-order valence-corrected chi connectivity index (χ3v) is 2.20. The number of hydrogen-bond donors (Lipinski definition) is 2. The Morgan fingerprint density at radius 1 is 1.46 bits per heavy atom. The van der Waals surface area contributed by atoms with Crippen molar-refractivity contribution in [1.29, 1.82) is 0 Å². The van der Waals surface area contributed by atoms with Gasteiger partial charge in [-0.3, -0.25) is 0 Å². The maximum absolute atomic E-state index is 8.94. The summed E-state index contributed by atoms with van der Waals surface area (Å²) in [6.45, 7) is 2.03. The van der Waals surface area contributed by atoms with Crippen LogP contribution < -0.4 is 5.73 Å². The second-order valence-electron chi connectivity index (χ2n) is 3.13. The van der Waals surface area contributed by atoms with Crippen molar-refractivity contribution in [3.05, 3.63) is 35.4 Å². The standard InChI is InChI=1S/C10H13NOS/c1-7-2-4-8(5-3-7)6-9(11)10(12)13/h2-5,9H,6,11H2,1H3,(H,12,13)/t9-/m0/s1. The number of rotatable bonds is 3. The topological polar surface area (TPSA) is 46.2 Å². The minimum absolute atomic E-state index is 0.124. The quantitative estimate of drug-likeness (QED) is 0.722. The Bertz CT molecular complexity index is 294. The molecule has 0 aliphatic rings. The summed E-state index contributed by atoms with van der Waals surface area (Å²) in [5, 5.41) is 8.82. The molecule has 0 amide bonds. The van der Waals surface area contributed by atoms with Gasteiger partial charge in [-0.2, -0.15) is 0 Å². The van der Waals surface area contributed by atoms with Crippen molar-refractivity contribution in [3.63, 3.8) is 0 Å². The summed E-state index contributed by atoms with van der Waals surface area (Å²) in [7, 11) is 0. The van der Waals surface area contributed by atoms with E-state index in [2.05, 4.69) is 12.2 Å². The summed E-state index contributed by atoms with van der Waals surface area (Å²) in [4.78, 5) is 0. The SMILES string of the molecule is Cc1ccc(C[C@H](N)C(O)=S)cc1. The number of thiocarbonyl (C=S) groups is 1. The second kappa shape index (κ2) is 4.35. The monoisotopic (exact) mass is 195 g/mol. The third kappa shape index (κ3) is 3.13.